The van der Waals surface area contributed by atoms with Crippen molar-refractivity contribution in [3.05, 3.63) is 53.9 Å². The third-order valence-electron chi connectivity index (χ3n) is 3.37. The van der Waals surface area contributed by atoms with Crippen molar-refractivity contribution in [3.63, 3.8) is 0 Å². The molecule has 3 nitrogen and oxygen atoms in total. The van der Waals surface area contributed by atoms with E-state index in [9.17, 15) is 0 Å². The van der Waals surface area contributed by atoms with Crippen LogP contribution in [0.4, 0.5) is 0 Å². The van der Waals surface area contributed by atoms with Crippen molar-refractivity contribution in [3.8, 4) is 11.5 Å². The molecule has 2 heterocycles. The van der Waals surface area contributed by atoms with E-state index < -0.39 is 0 Å². The molecule has 1 N–H and O–H groups in total. The third-order valence-corrected chi connectivity index (χ3v) is 3.37. The van der Waals surface area contributed by atoms with Gasteiger partial charge in [0.25, 0.3) is 0 Å². The van der Waals surface area contributed by atoms with E-state index in [1.807, 2.05) is 25.4 Å². The summed E-state index contributed by atoms with van der Waals surface area (Å²) in [6, 6.07) is 10.3. The van der Waals surface area contributed by atoms with Crippen LogP contribution in [0, 0.1) is 0 Å². The zero-order chi connectivity index (χ0) is 12.4. The second kappa shape index (κ2) is 4.78. The summed E-state index contributed by atoms with van der Waals surface area (Å²) in [4.78, 5) is 4.16. The lowest BCUT2D eigenvalue weighted by Gasteiger charge is -2.15. The fourth-order valence-electron chi connectivity index (χ4n) is 2.51. The van der Waals surface area contributed by atoms with Gasteiger partial charge in [0.05, 0.1) is 6.20 Å². The van der Waals surface area contributed by atoms with Crippen LogP contribution in [0.1, 0.15) is 17.0 Å². The van der Waals surface area contributed by atoms with Gasteiger partial charge in [0.2, 0.25) is 0 Å². The van der Waals surface area contributed by atoms with Crippen molar-refractivity contribution >= 4 is 0 Å². The number of nitrogens with zero attached hydrogens (tertiary/aromatic N) is 1. The molecule has 92 valence electrons. The minimum atomic E-state index is 0.427. The fraction of sp³-hybridized carbons (Fsp3) is 0.267. The lowest BCUT2D eigenvalue weighted by molar-refractivity contribution is 0.475. The average molecular weight is 240 g/mol. The molecule has 1 aliphatic rings. The van der Waals surface area contributed by atoms with Crippen molar-refractivity contribution < 1.29 is 4.74 Å². The fourth-order valence-corrected chi connectivity index (χ4v) is 2.51. The zero-order valence-corrected chi connectivity index (χ0v) is 10.4. The summed E-state index contributed by atoms with van der Waals surface area (Å²) in [6.45, 7) is 0.939. The Labute approximate surface area is 107 Å². The first-order valence-electron chi connectivity index (χ1n) is 6.22. The maximum Gasteiger partial charge on any atom is 0.149 e. The van der Waals surface area contributed by atoms with Crippen LogP contribution in [0.25, 0.3) is 0 Å². The number of fused-ring (bicyclic) bond motifs is 2. The predicted molar refractivity (Wildman–Crippen MR) is 71.1 cm³/mol. The number of pyridine rings is 1. The quantitative estimate of drug-likeness (QED) is 0.876. The molecule has 1 aromatic carbocycles. The monoisotopic (exact) mass is 240 g/mol. The van der Waals surface area contributed by atoms with Gasteiger partial charge in [-0.1, -0.05) is 18.2 Å². The Bertz CT molecular complexity index is 554. The maximum atomic E-state index is 5.99. The molecule has 0 aliphatic carbocycles. The van der Waals surface area contributed by atoms with Crippen molar-refractivity contribution in [2.45, 2.75) is 12.3 Å². The number of rotatable bonds is 2. The van der Waals surface area contributed by atoms with E-state index >= 15 is 0 Å². The molecule has 1 aliphatic heterocycles. The summed E-state index contributed by atoms with van der Waals surface area (Å²) < 4.78 is 5.99. The smallest absolute Gasteiger partial charge is 0.149 e. The average Bonchev–Trinajstić information content (AvgIpc) is 2.56. The molecule has 1 atom stereocenters. The van der Waals surface area contributed by atoms with Gasteiger partial charge in [-0.3, -0.25) is 4.98 Å². The molecule has 0 bridgehead atoms. The van der Waals surface area contributed by atoms with Crippen LogP contribution in [0.3, 0.4) is 0 Å². The lowest BCUT2D eigenvalue weighted by Crippen LogP contribution is -2.18. The minimum Gasteiger partial charge on any atom is -0.455 e. The van der Waals surface area contributed by atoms with Gasteiger partial charge in [0.15, 0.2) is 0 Å². The first-order valence-corrected chi connectivity index (χ1v) is 6.22. The topological polar surface area (TPSA) is 34.1 Å². The van der Waals surface area contributed by atoms with Gasteiger partial charge in [0.1, 0.15) is 11.5 Å². The van der Waals surface area contributed by atoms with Crippen LogP contribution in [0.2, 0.25) is 0 Å². The van der Waals surface area contributed by atoms with Crippen molar-refractivity contribution in [1.82, 2.24) is 10.3 Å². The lowest BCUT2D eigenvalue weighted by atomic mass is 9.92. The van der Waals surface area contributed by atoms with Crippen molar-refractivity contribution in [2.75, 3.05) is 13.6 Å². The number of likely N-dealkylation sites (N-methyl/N-ethyl adjacent to an activating group) is 1. The normalized spacial score (nSPS) is 17.3. The predicted octanol–water partition coefficient (Wildman–Crippen LogP) is 2.73. The number of nitrogens with one attached hydrogen (secondary N) is 1. The minimum absolute atomic E-state index is 0.427. The number of hydrogen-bond acceptors (Lipinski definition) is 3. The Hall–Kier alpha value is -1.87. The standard InChI is InChI=1S/C15H16N2O/c1-16-9-12-8-11-4-2-3-5-14(11)18-15-10-17-7-6-13(12)15/h2-7,10,12,16H,8-9H2,1H3/t12-/m1/s1. The summed E-state index contributed by atoms with van der Waals surface area (Å²) in [5, 5.41) is 3.26. The molecule has 0 radical (unpaired) electrons. The Balaban J connectivity index is 2.08. The molecule has 1 aromatic heterocycles. The second-order valence-electron chi connectivity index (χ2n) is 4.58. The number of hydrogen-bond donors (Lipinski definition) is 1. The molecule has 0 fully saturated rings. The van der Waals surface area contributed by atoms with E-state index in [0.717, 1.165) is 24.5 Å². The van der Waals surface area contributed by atoms with Gasteiger partial charge in [-0.25, -0.2) is 0 Å². The van der Waals surface area contributed by atoms with Gasteiger partial charge in [-0.05, 0) is 31.2 Å². The zero-order valence-electron chi connectivity index (χ0n) is 10.4. The molecule has 0 saturated heterocycles. The van der Waals surface area contributed by atoms with Crippen LogP contribution in [-0.4, -0.2) is 18.6 Å². The summed E-state index contributed by atoms with van der Waals surface area (Å²) in [5.74, 6) is 2.25. The first kappa shape index (κ1) is 11.2. The van der Waals surface area contributed by atoms with E-state index in [1.54, 1.807) is 6.20 Å². The van der Waals surface area contributed by atoms with Crippen LogP contribution < -0.4 is 10.1 Å². The molecule has 0 saturated carbocycles. The highest BCUT2D eigenvalue weighted by molar-refractivity contribution is 5.45. The molecule has 0 spiro atoms. The van der Waals surface area contributed by atoms with E-state index in [1.165, 1.54) is 11.1 Å². The number of aromatic nitrogens is 1. The molecule has 0 unspecified atom stereocenters. The van der Waals surface area contributed by atoms with Gasteiger partial charge in [-0.2, -0.15) is 0 Å². The summed E-state index contributed by atoms with van der Waals surface area (Å²) in [6.07, 6.45) is 4.63. The number of benzene rings is 1. The summed E-state index contributed by atoms with van der Waals surface area (Å²) >= 11 is 0. The van der Waals surface area contributed by atoms with Crippen LogP contribution in [0.15, 0.2) is 42.7 Å². The van der Waals surface area contributed by atoms with Crippen LogP contribution in [-0.2, 0) is 6.42 Å². The molecule has 18 heavy (non-hydrogen) atoms. The molecule has 3 heteroatoms. The number of ether oxygens (including phenoxy) is 1. The number of para-hydroxylation sites is 1. The van der Waals surface area contributed by atoms with Crippen molar-refractivity contribution in [1.29, 1.82) is 0 Å². The highest BCUT2D eigenvalue weighted by atomic mass is 16.5. The van der Waals surface area contributed by atoms with E-state index in [4.69, 9.17) is 4.74 Å². The Morgan fingerprint density at radius 2 is 2.17 bits per heavy atom. The molecular weight excluding hydrogens is 224 g/mol. The van der Waals surface area contributed by atoms with Gasteiger partial charge in [-0.15, -0.1) is 0 Å². The van der Waals surface area contributed by atoms with Crippen LogP contribution in [0.5, 0.6) is 11.5 Å². The van der Waals surface area contributed by atoms with Crippen molar-refractivity contribution in [2.24, 2.45) is 0 Å². The molecule has 2 aromatic rings. The molecule has 3 rings (SSSR count). The Kier molecular flexibility index (Phi) is 2.99. The van der Waals surface area contributed by atoms with E-state index in [0.29, 0.717) is 5.92 Å². The second-order valence-corrected chi connectivity index (χ2v) is 4.58. The third kappa shape index (κ3) is 1.97. The molecular formula is C15H16N2O. The Morgan fingerprint density at radius 1 is 1.28 bits per heavy atom. The highest BCUT2D eigenvalue weighted by Crippen LogP contribution is 2.38. The Morgan fingerprint density at radius 3 is 3.06 bits per heavy atom. The van der Waals surface area contributed by atoms with Gasteiger partial charge < -0.3 is 10.1 Å². The van der Waals surface area contributed by atoms with Crippen LogP contribution >= 0.6 is 0 Å². The molecule has 0 amide bonds. The van der Waals surface area contributed by atoms with Gasteiger partial charge >= 0.3 is 0 Å². The first-order chi connectivity index (χ1) is 8.88. The van der Waals surface area contributed by atoms with E-state index in [2.05, 4.69) is 28.5 Å². The van der Waals surface area contributed by atoms with E-state index in [-0.39, 0.29) is 0 Å². The SMILES string of the molecule is CNC[C@H]1Cc2ccccc2Oc2cnccc21. The maximum absolute atomic E-state index is 5.99. The largest absolute Gasteiger partial charge is 0.455 e. The summed E-state index contributed by atoms with van der Waals surface area (Å²) in [7, 11) is 1.98. The van der Waals surface area contributed by atoms with Gasteiger partial charge in [0, 0.05) is 24.2 Å². The summed E-state index contributed by atoms with van der Waals surface area (Å²) in [5.41, 5.74) is 2.49. The highest BCUT2D eigenvalue weighted by Gasteiger charge is 2.22.